The van der Waals surface area contributed by atoms with Gasteiger partial charge in [-0.25, -0.2) is 0 Å². The second-order valence-electron chi connectivity index (χ2n) is 10.8. The van der Waals surface area contributed by atoms with E-state index in [9.17, 15) is 36.2 Å². The van der Waals surface area contributed by atoms with E-state index in [-0.39, 0.29) is 22.5 Å². The van der Waals surface area contributed by atoms with Gasteiger partial charge in [0.1, 0.15) is 11.5 Å². The summed E-state index contributed by atoms with van der Waals surface area (Å²) in [6.45, 7) is 0. The molecule has 1 aliphatic carbocycles. The van der Waals surface area contributed by atoms with Gasteiger partial charge >= 0.3 is 0 Å². The van der Waals surface area contributed by atoms with E-state index in [2.05, 4.69) is 0 Å². The Morgan fingerprint density at radius 1 is 0.543 bits per heavy atom. The van der Waals surface area contributed by atoms with Crippen molar-refractivity contribution in [3.05, 3.63) is 162 Å². The average Bonchev–Trinajstić information content (AvgIpc) is 3.04. The third-order valence-corrected chi connectivity index (χ3v) is 11.8. The van der Waals surface area contributed by atoms with Crippen LogP contribution < -0.4 is 0 Å². The van der Waals surface area contributed by atoms with Crippen LogP contribution in [0.4, 0.5) is 0 Å². The lowest BCUT2D eigenvalue weighted by Gasteiger charge is -2.41. The van der Waals surface area contributed by atoms with E-state index in [0.717, 1.165) is 6.08 Å². The highest BCUT2D eigenvalue weighted by atomic mass is 32.3. The molecule has 4 N–H and O–H groups in total. The van der Waals surface area contributed by atoms with Gasteiger partial charge in [0, 0.05) is 0 Å². The fraction of sp³-hybridized carbons (Fsp3) is 0.0556. The minimum atomic E-state index is -5.84. The zero-order valence-corrected chi connectivity index (χ0v) is 25.7. The molecule has 5 aromatic rings. The van der Waals surface area contributed by atoms with Gasteiger partial charge in [-0.05, 0) is 68.3 Å². The molecule has 0 aliphatic heterocycles. The molecule has 5 aromatic carbocycles. The highest BCUT2D eigenvalue weighted by molar-refractivity contribution is 8.05. The number of allylic oxidation sites excluding steroid dienone is 3. The number of aromatic hydroxyl groups is 1. The molecule has 46 heavy (non-hydrogen) atoms. The molecule has 0 amide bonds. The summed E-state index contributed by atoms with van der Waals surface area (Å²) in [6, 6.07) is 37.1. The second kappa shape index (κ2) is 11.7. The molecule has 0 radical (unpaired) electrons. The van der Waals surface area contributed by atoms with Gasteiger partial charge in [0.05, 0.1) is 5.92 Å². The average molecular weight is 653 g/mol. The quantitative estimate of drug-likeness (QED) is 0.133. The number of rotatable bonds is 7. The molecule has 0 heterocycles. The molecule has 0 bridgehead atoms. The maximum atomic E-state index is 13.5. The standard InChI is InChI=1S/C36H28O8S2/c37-28-21-29(24-13-5-1-6-14-24)33(30(22-28)25-15-7-2-8-16-25)34-31(26-17-9-3-10-18-26)23-32(38)36(45(39,40)41,46(42,43)44)35(34)27-19-11-4-12-20-27/h1-23,35,37-38H,(H,39,40,41)(H,42,43,44). The van der Waals surface area contributed by atoms with Crippen LogP contribution in [0, 0.1) is 0 Å². The maximum absolute atomic E-state index is 13.5. The van der Waals surface area contributed by atoms with Gasteiger partial charge in [0.2, 0.25) is 0 Å². The summed E-state index contributed by atoms with van der Waals surface area (Å²) in [5.41, 5.74) is 3.14. The van der Waals surface area contributed by atoms with Crippen molar-refractivity contribution in [1.29, 1.82) is 0 Å². The van der Waals surface area contributed by atoms with Gasteiger partial charge in [-0.1, -0.05) is 121 Å². The van der Waals surface area contributed by atoms with E-state index in [1.165, 1.54) is 24.3 Å². The highest BCUT2D eigenvalue weighted by Crippen LogP contribution is 2.58. The van der Waals surface area contributed by atoms with Crippen LogP contribution in [-0.4, -0.2) is 40.2 Å². The van der Waals surface area contributed by atoms with Gasteiger partial charge in [-0.15, -0.1) is 0 Å². The van der Waals surface area contributed by atoms with Crippen LogP contribution in [0.25, 0.3) is 33.4 Å². The Kier molecular flexibility index (Phi) is 7.91. The summed E-state index contributed by atoms with van der Waals surface area (Å²) in [5, 5.41) is 22.6. The normalized spacial score (nSPS) is 16.6. The van der Waals surface area contributed by atoms with E-state index in [0.29, 0.717) is 33.4 Å². The molecule has 1 atom stereocenters. The summed E-state index contributed by atoms with van der Waals surface area (Å²) < 4.78 is 72.0. The van der Waals surface area contributed by atoms with Crippen LogP contribution >= 0.6 is 0 Å². The van der Waals surface area contributed by atoms with Crippen LogP contribution in [0.2, 0.25) is 0 Å². The lowest BCUT2D eigenvalue weighted by Crippen LogP contribution is -2.54. The van der Waals surface area contributed by atoms with Crippen molar-refractivity contribution in [3.8, 4) is 28.0 Å². The number of hydrogen-bond donors (Lipinski definition) is 4. The lowest BCUT2D eigenvalue weighted by atomic mass is 9.72. The van der Waals surface area contributed by atoms with Crippen molar-refractivity contribution in [2.45, 2.75) is 10.00 Å². The Balaban J connectivity index is 1.92. The number of aliphatic hydroxyl groups is 1. The number of aliphatic hydroxyl groups excluding tert-OH is 1. The number of hydrogen-bond acceptors (Lipinski definition) is 6. The third-order valence-electron chi connectivity index (χ3n) is 8.14. The molecule has 232 valence electrons. The number of benzene rings is 5. The zero-order valence-electron chi connectivity index (χ0n) is 24.1. The number of phenolic OH excluding ortho intramolecular Hbond substituents is 1. The van der Waals surface area contributed by atoms with Crippen LogP contribution in [0.3, 0.4) is 0 Å². The Labute approximate surface area is 266 Å². The smallest absolute Gasteiger partial charge is 0.296 e. The largest absolute Gasteiger partial charge is 0.509 e. The van der Waals surface area contributed by atoms with Crippen molar-refractivity contribution in [3.63, 3.8) is 0 Å². The first-order valence-corrected chi connectivity index (χ1v) is 17.0. The van der Waals surface area contributed by atoms with Crippen LogP contribution in [0.1, 0.15) is 22.6 Å². The minimum absolute atomic E-state index is 0.0585. The summed E-state index contributed by atoms with van der Waals surface area (Å²) in [6.07, 6.45) is 0.960. The molecule has 0 saturated heterocycles. The molecule has 0 fully saturated rings. The summed E-state index contributed by atoms with van der Waals surface area (Å²) >= 11 is 0. The Bertz CT molecular complexity index is 2100. The van der Waals surface area contributed by atoms with E-state index in [1.807, 2.05) is 0 Å². The molecule has 0 spiro atoms. The van der Waals surface area contributed by atoms with Crippen LogP contribution in [-0.2, 0) is 20.2 Å². The van der Waals surface area contributed by atoms with Gasteiger partial charge in [-0.2, -0.15) is 16.8 Å². The first kappa shape index (κ1) is 31.0. The van der Waals surface area contributed by atoms with Gasteiger partial charge in [0.25, 0.3) is 24.3 Å². The van der Waals surface area contributed by atoms with E-state index < -0.39 is 36.0 Å². The SMILES string of the molecule is O=S(=O)(O)C1(S(=O)(=O)O)C(O)=CC(c2ccccc2)=C(c2c(-c3ccccc3)cc(O)cc2-c2ccccc2)C1c1ccccc1. The minimum Gasteiger partial charge on any atom is -0.509 e. The molecule has 1 aliphatic rings. The predicted octanol–water partition coefficient (Wildman–Crippen LogP) is 7.35. The molecule has 1 unspecified atom stereocenters. The van der Waals surface area contributed by atoms with Crippen molar-refractivity contribution in [2.75, 3.05) is 0 Å². The van der Waals surface area contributed by atoms with Crippen molar-refractivity contribution in [2.24, 2.45) is 0 Å². The summed E-state index contributed by atoms with van der Waals surface area (Å²) in [4.78, 5) is 0. The molecular formula is C36H28O8S2. The molecule has 8 nitrogen and oxygen atoms in total. The topological polar surface area (TPSA) is 149 Å². The van der Waals surface area contributed by atoms with Gasteiger partial charge in [-0.3, -0.25) is 9.11 Å². The van der Waals surface area contributed by atoms with E-state index in [1.54, 1.807) is 109 Å². The molecule has 0 saturated carbocycles. The number of phenols is 1. The predicted molar refractivity (Wildman–Crippen MR) is 178 cm³/mol. The first-order chi connectivity index (χ1) is 21.9. The van der Waals surface area contributed by atoms with Crippen LogP contribution in [0.5, 0.6) is 5.75 Å². The first-order valence-electron chi connectivity index (χ1n) is 14.1. The van der Waals surface area contributed by atoms with E-state index >= 15 is 0 Å². The van der Waals surface area contributed by atoms with Crippen LogP contribution in [0.15, 0.2) is 145 Å². The fourth-order valence-corrected chi connectivity index (χ4v) is 9.09. The monoisotopic (exact) mass is 652 g/mol. The Hall–Kier alpha value is -5.00. The van der Waals surface area contributed by atoms with Crippen molar-refractivity contribution < 1.29 is 36.2 Å². The fourth-order valence-electron chi connectivity index (χ4n) is 6.28. The molecule has 6 rings (SSSR count). The molecule has 10 heteroatoms. The molecular weight excluding hydrogens is 625 g/mol. The Morgan fingerprint density at radius 3 is 1.35 bits per heavy atom. The van der Waals surface area contributed by atoms with E-state index in [4.69, 9.17) is 0 Å². The maximum Gasteiger partial charge on any atom is 0.296 e. The van der Waals surface area contributed by atoms with Crippen molar-refractivity contribution in [1.82, 2.24) is 0 Å². The van der Waals surface area contributed by atoms with Crippen molar-refractivity contribution >= 4 is 31.4 Å². The zero-order chi connectivity index (χ0) is 32.7. The summed E-state index contributed by atoms with van der Waals surface area (Å²) in [7, 11) is -11.7. The molecule has 0 aromatic heterocycles. The van der Waals surface area contributed by atoms with Gasteiger partial charge < -0.3 is 10.2 Å². The third kappa shape index (κ3) is 5.11. The highest BCUT2D eigenvalue weighted by Gasteiger charge is 2.67. The van der Waals surface area contributed by atoms with Gasteiger partial charge in [0.15, 0.2) is 0 Å². The Morgan fingerprint density at radius 2 is 0.935 bits per heavy atom. The second-order valence-corrected chi connectivity index (χ2v) is 14.3. The summed E-state index contributed by atoms with van der Waals surface area (Å²) in [5.74, 6) is -3.33. The lowest BCUT2D eigenvalue weighted by molar-refractivity contribution is 0.335.